The minimum Gasteiger partial charge on any atom is -0.337 e. The molecule has 0 aromatic heterocycles. The average molecular weight is 333 g/mol. The molecule has 1 aliphatic rings. The Morgan fingerprint density at radius 3 is 2.67 bits per heavy atom. The van der Waals surface area contributed by atoms with E-state index in [0.717, 1.165) is 6.07 Å². The third kappa shape index (κ3) is 3.33. The van der Waals surface area contributed by atoms with Crippen molar-refractivity contribution in [1.29, 1.82) is 0 Å². The van der Waals surface area contributed by atoms with Crippen LogP contribution in [0.2, 0.25) is 5.02 Å². The largest absolute Gasteiger partial charge is 0.337 e. The molecule has 114 valence electrons. The highest BCUT2D eigenvalue weighted by molar-refractivity contribution is 7.91. The van der Waals surface area contributed by atoms with Crippen molar-refractivity contribution in [3.63, 3.8) is 0 Å². The maximum absolute atomic E-state index is 12.4. The third-order valence-corrected chi connectivity index (χ3v) is 5.45. The lowest BCUT2D eigenvalue weighted by molar-refractivity contribution is -0.385. The second-order valence-corrected chi connectivity index (χ2v) is 7.56. The van der Waals surface area contributed by atoms with Crippen molar-refractivity contribution in [2.24, 2.45) is 0 Å². The highest BCUT2D eigenvalue weighted by Gasteiger charge is 2.34. The van der Waals surface area contributed by atoms with Crippen molar-refractivity contribution in [3.8, 4) is 0 Å². The van der Waals surface area contributed by atoms with Crippen LogP contribution < -0.4 is 0 Å². The van der Waals surface area contributed by atoms with E-state index in [2.05, 4.69) is 0 Å². The molecule has 21 heavy (non-hydrogen) atoms. The van der Waals surface area contributed by atoms with Crippen LogP contribution >= 0.6 is 11.6 Å². The molecule has 2 rings (SSSR count). The molecule has 1 amide bonds. The Morgan fingerprint density at radius 1 is 1.48 bits per heavy atom. The number of rotatable bonds is 3. The summed E-state index contributed by atoms with van der Waals surface area (Å²) in [6.07, 6.45) is 0.332. The molecule has 1 aliphatic heterocycles. The number of carbonyl (C=O) groups excluding carboxylic acids is 1. The van der Waals surface area contributed by atoms with E-state index in [1.165, 1.54) is 24.1 Å². The fourth-order valence-electron chi connectivity index (χ4n) is 2.28. The van der Waals surface area contributed by atoms with Gasteiger partial charge in [-0.3, -0.25) is 14.9 Å². The summed E-state index contributed by atoms with van der Waals surface area (Å²) in [5.74, 6) is -0.706. The quantitative estimate of drug-likeness (QED) is 0.617. The zero-order valence-electron chi connectivity index (χ0n) is 11.2. The molecule has 0 N–H and O–H groups in total. The normalized spacial score (nSPS) is 20.2. The molecule has 1 aromatic rings. The van der Waals surface area contributed by atoms with Gasteiger partial charge in [0.1, 0.15) is 5.56 Å². The first-order valence-corrected chi connectivity index (χ1v) is 8.33. The first-order valence-electron chi connectivity index (χ1n) is 6.13. The van der Waals surface area contributed by atoms with Crippen LogP contribution in [0.25, 0.3) is 0 Å². The van der Waals surface area contributed by atoms with Gasteiger partial charge in [-0.2, -0.15) is 0 Å². The van der Waals surface area contributed by atoms with Gasteiger partial charge in [0.25, 0.3) is 11.6 Å². The Balaban J connectivity index is 2.32. The summed E-state index contributed by atoms with van der Waals surface area (Å²) in [6.45, 7) is 0. The van der Waals surface area contributed by atoms with Crippen LogP contribution in [0.3, 0.4) is 0 Å². The van der Waals surface area contributed by atoms with Crippen molar-refractivity contribution in [3.05, 3.63) is 38.9 Å². The first kappa shape index (κ1) is 15.7. The molecular weight excluding hydrogens is 320 g/mol. The number of amides is 1. The first-order chi connectivity index (χ1) is 9.71. The smallest absolute Gasteiger partial charge is 0.282 e. The second kappa shape index (κ2) is 5.61. The molecule has 1 heterocycles. The Bertz CT molecular complexity index is 704. The number of nitro benzene ring substituents is 1. The van der Waals surface area contributed by atoms with Crippen molar-refractivity contribution >= 4 is 33.0 Å². The number of sulfone groups is 1. The molecule has 0 spiro atoms. The summed E-state index contributed by atoms with van der Waals surface area (Å²) in [7, 11) is -1.70. The van der Waals surface area contributed by atoms with Crippen molar-refractivity contribution < 1.29 is 18.1 Å². The van der Waals surface area contributed by atoms with Gasteiger partial charge in [0.05, 0.1) is 16.4 Å². The average Bonchev–Trinajstić information content (AvgIpc) is 2.77. The molecule has 9 heteroatoms. The molecule has 0 unspecified atom stereocenters. The summed E-state index contributed by atoms with van der Waals surface area (Å²) < 4.78 is 22.9. The minimum absolute atomic E-state index is 0.0208. The Hall–Kier alpha value is -1.67. The van der Waals surface area contributed by atoms with E-state index < -0.39 is 26.7 Å². The molecule has 0 bridgehead atoms. The molecule has 1 aromatic carbocycles. The number of halogens is 1. The standard InChI is InChI=1S/C12H13ClN2O5S/c1-14(9-4-5-21(19,20)7-9)12(16)10-6-8(13)2-3-11(10)15(17)18/h2-3,6,9H,4-5,7H2,1H3/t9-/m1/s1. The van der Waals surface area contributed by atoms with E-state index in [0.29, 0.717) is 6.42 Å². The summed E-state index contributed by atoms with van der Waals surface area (Å²) in [5.41, 5.74) is -0.489. The van der Waals surface area contributed by atoms with Gasteiger partial charge < -0.3 is 4.90 Å². The minimum atomic E-state index is -3.14. The Morgan fingerprint density at radius 2 is 2.14 bits per heavy atom. The third-order valence-electron chi connectivity index (χ3n) is 3.46. The Labute approximate surface area is 126 Å². The number of benzene rings is 1. The lowest BCUT2D eigenvalue weighted by Crippen LogP contribution is -2.38. The molecule has 1 saturated heterocycles. The van der Waals surface area contributed by atoms with Gasteiger partial charge in [-0.15, -0.1) is 0 Å². The van der Waals surface area contributed by atoms with E-state index in [1.54, 1.807) is 0 Å². The maximum atomic E-state index is 12.4. The van der Waals surface area contributed by atoms with Crippen LogP contribution in [0.4, 0.5) is 5.69 Å². The van der Waals surface area contributed by atoms with Gasteiger partial charge in [-0.1, -0.05) is 11.6 Å². The van der Waals surface area contributed by atoms with Crippen LogP contribution in [0.5, 0.6) is 0 Å². The number of hydrogen-bond donors (Lipinski definition) is 0. The topological polar surface area (TPSA) is 97.6 Å². The van der Waals surface area contributed by atoms with Crippen LogP contribution in [-0.4, -0.2) is 48.7 Å². The van der Waals surface area contributed by atoms with Gasteiger partial charge >= 0.3 is 0 Å². The molecular formula is C12H13ClN2O5S. The predicted molar refractivity (Wildman–Crippen MR) is 77.3 cm³/mol. The second-order valence-electron chi connectivity index (χ2n) is 4.89. The molecule has 7 nitrogen and oxygen atoms in total. The SMILES string of the molecule is CN(C(=O)c1cc(Cl)ccc1[N+](=O)[O-])[C@@H]1CCS(=O)(=O)C1. The molecule has 1 atom stereocenters. The van der Waals surface area contributed by atoms with E-state index in [1.807, 2.05) is 0 Å². The van der Waals surface area contributed by atoms with E-state index in [-0.39, 0.29) is 27.8 Å². The van der Waals surface area contributed by atoms with Crippen LogP contribution in [-0.2, 0) is 9.84 Å². The number of hydrogen-bond acceptors (Lipinski definition) is 5. The molecule has 1 fully saturated rings. The lowest BCUT2D eigenvalue weighted by Gasteiger charge is -2.23. The highest BCUT2D eigenvalue weighted by Crippen LogP contribution is 2.26. The predicted octanol–water partition coefficient (Wildman–Crippen LogP) is 1.51. The molecule has 0 radical (unpaired) electrons. The summed E-state index contributed by atoms with van der Waals surface area (Å²) in [6, 6.07) is 3.24. The van der Waals surface area contributed by atoms with Gasteiger partial charge in [0.2, 0.25) is 0 Å². The maximum Gasteiger partial charge on any atom is 0.282 e. The number of carbonyl (C=O) groups is 1. The fraction of sp³-hybridized carbons (Fsp3) is 0.417. The molecule has 0 saturated carbocycles. The van der Waals surface area contributed by atoms with Gasteiger partial charge in [-0.25, -0.2) is 8.42 Å². The summed E-state index contributed by atoms with van der Waals surface area (Å²) >= 11 is 5.79. The van der Waals surface area contributed by atoms with Crippen LogP contribution in [0.1, 0.15) is 16.8 Å². The number of nitrogens with zero attached hydrogens (tertiary/aromatic N) is 2. The lowest BCUT2D eigenvalue weighted by atomic mass is 10.1. The zero-order valence-corrected chi connectivity index (χ0v) is 12.7. The summed E-state index contributed by atoms with van der Waals surface area (Å²) in [5, 5.41) is 11.2. The molecule has 0 aliphatic carbocycles. The van der Waals surface area contributed by atoms with Gasteiger partial charge in [0.15, 0.2) is 9.84 Å². The van der Waals surface area contributed by atoms with Crippen molar-refractivity contribution in [2.75, 3.05) is 18.6 Å². The Kier molecular flexibility index (Phi) is 4.20. The van der Waals surface area contributed by atoms with Crippen LogP contribution in [0, 0.1) is 10.1 Å². The monoisotopic (exact) mass is 332 g/mol. The fourth-order valence-corrected chi connectivity index (χ4v) is 4.22. The van der Waals surface area contributed by atoms with Crippen molar-refractivity contribution in [2.45, 2.75) is 12.5 Å². The van der Waals surface area contributed by atoms with E-state index in [4.69, 9.17) is 11.6 Å². The van der Waals surface area contributed by atoms with Crippen LogP contribution in [0.15, 0.2) is 18.2 Å². The van der Waals surface area contributed by atoms with Crippen molar-refractivity contribution in [1.82, 2.24) is 4.90 Å². The van der Waals surface area contributed by atoms with E-state index >= 15 is 0 Å². The van der Waals surface area contributed by atoms with E-state index in [9.17, 15) is 23.3 Å². The summed E-state index contributed by atoms with van der Waals surface area (Å²) in [4.78, 5) is 23.9. The number of nitro groups is 1. The zero-order chi connectivity index (χ0) is 15.8. The van der Waals surface area contributed by atoms with Gasteiger partial charge in [-0.05, 0) is 18.6 Å². The van der Waals surface area contributed by atoms with Gasteiger partial charge in [0, 0.05) is 24.2 Å². The highest BCUT2D eigenvalue weighted by atomic mass is 35.5.